The van der Waals surface area contributed by atoms with Gasteiger partial charge in [0, 0.05) is 6.42 Å². The number of carbonyl (C=O) groups is 1. The van der Waals surface area contributed by atoms with Crippen LogP contribution < -0.4 is 0 Å². The van der Waals surface area contributed by atoms with E-state index >= 15 is 0 Å². The van der Waals surface area contributed by atoms with Crippen LogP contribution in [0.5, 0.6) is 0 Å². The van der Waals surface area contributed by atoms with Crippen LogP contribution in [0, 0.1) is 5.92 Å². The maximum Gasteiger partial charge on any atom is 0.193 e. The van der Waals surface area contributed by atoms with Crippen molar-refractivity contribution in [2.45, 2.75) is 57.7 Å². The fourth-order valence-electron chi connectivity index (χ4n) is 3.30. The van der Waals surface area contributed by atoms with Crippen LogP contribution in [0.4, 0.5) is 0 Å². The lowest BCUT2D eigenvalue weighted by Crippen LogP contribution is -2.07. The third-order valence-electron chi connectivity index (χ3n) is 4.50. The Morgan fingerprint density at radius 1 is 1.14 bits per heavy atom. The van der Waals surface area contributed by atoms with E-state index < -0.39 is 0 Å². The number of thiophene rings is 1. The van der Waals surface area contributed by atoms with Crippen LogP contribution in [0.3, 0.4) is 0 Å². The highest BCUT2D eigenvalue weighted by atomic mass is 32.1. The van der Waals surface area contributed by atoms with Crippen LogP contribution >= 0.6 is 11.3 Å². The van der Waals surface area contributed by atoms with Gasteiger partial charge < -0.3 is 9.47 Å². The smallest absolute Gasteiger partial charge is 0.193 e. The molecular formula is C17H24O3S. The molecule has 2 heterocycles. The van der Waals surface area contributed by atoms with Crippen molar-refractivity contribution < 1.29 is 14.3 Å². The Morgan fingerprint density at radius 3 is 2.67 bits per heavy atom. The van der Waals surface area contributed by atoms with Gasteiger partial charge in [-0.3, -0.25) is 4.79 Å². The van der Waals surface area contributed by atoms with Gasteiger partial charge in [0.1, 0.15) is 0 Å². The van der Waals surface area contributed by atoms with Crippen molar-refractivity contribution in [1.29, 1.82) is 0 Å². The van der Waals surface area contributed by atoms with E-state index in [9.17, 15) is 4.79 Å². The van der Waals surface area contributed by atoms with Crippen LogP contribution in [0.25, 0.3) is 0 Å². The monoisotopic (exact) mass is 308 g/mol. The predicted molar refractivity (Wildman–Crippen MR) is 83.7 cm³/mol. The first-order chi connectivity index (χ1) is 10.3. The molecule has 1 aromatic rings. The Kier molecular flexibility index (Phi) is 5.44. The number of carbonyl (C=O) groups excluding carboxylic acids is 1. The molecule has 0 spiro atoms. The molecule has 4 heteroatoms. The standard InChI is InChI=1S/C17H24O3S/c18-14(8-4-7-13-5-2-1-3-6-13)15-9-10-16(21-15)17-19-11-12-20-17/h9-10,13,17H,1-8,11-12H2. The quantitative estimate of drug-likeness (QED) is 0.713. The van der Waals surface area contributed by atoms with Gasteiger partial charge in [0.25, 0.3) is 0 Å². The molecule has 0 atom stereocenters. The molecule has 0 amide bonds. The van der Waals surface area contributed by atoms with Crippen LogP contribution in [-0.2, 0) is 9.47 Å². The fourth-order valence-corrected chi connectivity index (χ4v) is 4.28. The van der Waals surface area contributed by atoms with Crippen molar-refractivity contribution in [1.82, 2.24) is 0 Å². The Hall–Kier alpha value is -0.710. The normalized spacial score (nSPS) is 21.0. The zero-order valence-electron chi connectivity index (χ0n) is 12.5. The SMILES string of the molecule is O=C(CCCC1CCCCC1)c1ccc(C2OCCO2)s1. The minimum atomic E-state index is -0.251. The van der Waals surface area contributed by atoms with Crippen molar-refractivity contribution in [3.05, 3.63) is 21.9 Å². The van der Waals surface area contributed by atoms with E-state index in [-0.39, 0.29) is 12.1 Å². The minimum Gasteiger partial charge on any atom is -0.345 e. The van der Waals surface area contributed by atoms with E-state index in [1.165, 1.54) is 49.9 Å². The van der Waals surface area contributed by atoms with Gasteiger partial charge in [0.05, 0.1) is 23.0 Å². The average molecular weight is 308 g/mol. The summed E-state index contributed by atoms with van der Waals surface area (Å²) in [7, 11) is 0. The van der Waals surface area contributed by atoms with Crippen molar-refractivity contribution >= 4 is 17.1 Å². The number of Topliss-reactive ketones (excluding diaryl/α,β-unsaturated/α-hetero) is 1. The highest BCUT2D eigenvalue weighted by Crippen LogP contribution is 2.31. The number of ketones is 1. The summed E-state index contributed by atoms with van der Waals surface area (Å²) in [5.41, 5.74) is 0. The second-order valence-electron chi connectivity index (χ2n) is 6.09. The van der Waals surface area contributed by atoms with Gasteiger partial charge in [0.2, 0.25) is 0 Å². The summed E-state index contributed by atoms with van der Waals surface area (Å²) in [6, 6.07) is 3.89. The molecular weight excluding hydrogens is 284 g/mol. The first-order valence-corrected chi connectivity index (χ1v) is 9.01. The summed E-state index contributed by atoms with van der Waals surface area (Å²) in [5.74, 6) is 1.14. The fraction of sp³-hybridized carbons (Fsp3) is 0.706. The molecule has 3 nitrogen and oxygen atoms in total. The molecule has 0 radical (unpaired) electrons. The third kappa shape index (κ3) is 4.15. The van der Waals surface area contributed by atoms with Gasteiger partial charge >= 0.3 is 0 Å². The van der Waals surface area contributed by atoms with Gasteiger partial charge in [0.15, 0.2) is 12.1 Å². The van der Waals surface area contributed by atoms with E-state index in [0.717, 1.165) is 22.1 Å². The Labute approximate surface area is 130 Å². The lowest BCUT2D eigenvalue weighted by Gasteiger charge is -2.20. The minimum absolute atomic E-state index is 0.251. The van der Waals surface area contributed by atoms with Gasteiger partial charge in [-0.2, -0.15) is 0 Å². The van der Waals surface area contributed by atoms with Crippen LogP contribution in [-0.4, -0.2) is 19.0 Å². The summed E-state index contributed by atoms with van der Waals surface area (Å²) >= 11 is 1.52. The molecule has 21 heavy (non-hydrogen) atoms. The van der Waals surface area contributed by atoms with Gasteiger partial charge in [-0.25, -0.2) is 0 Å². The van der Waals surface area contributed by atoms with E-state index in [4.69, 9.17) is 9.47 Å². The molecule has 1 aromatic heterocycles. The van der Waals surface area contributed by atoms with Crippen LogP contribution in [0.15, 0.2) is 12.1 Å². The topological polar surface area (TPSA) is 35.5 Å². The molecule has 116 valence electrons. The average Bonchev–Trinajstić information content (AvgIpc) is 3.19. The Bertz CT molecular complexity index is 456. The van der Waals surface area contributed by atoms with Crippen molar-refractivity contribution in [3.63, 3.8) is 0 Å². The number of hydrogen-bond donors (Lipinski definition) is 0. The van der Waals surface area contributed by atoms with E-state index in [1.807, 2.05) is 12.1 Å². The third-order valence-corrected chi connectivity index (χ3v) is 5.64. The number of rotatable bonds is 6. The van der Waals surface area contributed by atoms with Gasteiger partial charge in [-0.15, -0.1) is 11.3 Å². The summed E-state index contributed by atoms with van der Waals surface area (Å²) in [6.07, 6.45) is 9.59. The largest absolute Gasteiger partial charge is 0.345 e. The lowest BCUT2D eigenvalue weighted by atomic mass is 9.85. The molecule has 1 aliphatic carbocycles. The van der Waals surface area contributed by atoms with E-state index in [0.29, 0.717) is 19.6 Å². The first-order valence-electron chi connectivity index (χ1n) is 8.19. The summed E-state index contributed by atoms with van der Waals surface area (Å²) < 4.78 is 10.9. The summed E-state index contributed by atoms with van der Waals surface area (Å²) in [6.45, 7) is 1.29. The molecule has 2 aliphatic rings. The molecule has 0 aromatic carbocycles. The first kappa shape index (κ1) is 15.2. The van der Waals surface area contributed by atoms with Gasteiger partial charge in [-0.1, -0.05) is 38.5 Å². The number of hydrogen-bond acceptors (Lipinski definition) is 4. The molecule has 0 bridgehead atoms. The van der Waals surface area contributed by atoms with Crippen LogP contribution in [0.2, 0.25) is 0 Å². The van der Waals surface area contributed by atoms with E-state index in [2.05, 4.69) is 0 Å². The lowest BCUT2D eigenvalue weighted by molar-refractivity contribution is -0.0413. The summed E-state index contributed by atoms with van der Waals surface area (Å²) in [4.78, 5) is 14.1. The predicted octanol–water partition coefficient (Wildman–Crippen LogP) is 4.73. The van der Waals surface area contributed by atoms with Crippen LogP contribution in [0.1, 0.15) is 72.2 Å². The highest BCUT2D eigenvalue weighted by Gasteiger charge is 2.21. The second-order valence-corrected chi connectivity index (χ2v) is 7.21. The summed E-state index contributed by atoms with van der Waals surface area (Å²) in [5, 5.41) is 0. The van der Waals surface area contributed by atoms with Crippen molar-refractivity contribution in [3.8, 4) is 0 Å². The maximum absolute atomic E-state index is 12.2. The Balaban J connectivity index is 1.44. The molecule has 0 N–H and O–H groups in total. The second kappa shape index (κ2) is 7.52. The number of ether oxygens (including phenoxy) is 2. The zero-order valence-corrected chi connectivity index (χ0v) is 13.3. The molecule has 1 aliphatic heterocycles. The van der Waals surface area contributed by atoms with Crippen molar-refractivity contribution in [2.75, 3.05) is 13.2 Å². The molecule has 3 rings (SSSR count). The molecule has 1 saturated heterocycles. The molecule has 0 unspecified atom stereocenters. The van der Waals surface area contributed by atoms with Crippen molar-refractivity contribution in [2.24, 2.45) is 5.92 Å². The highest BCUT2D eigenvalue weighted by molar-refractivity contribution is 7.14. The van der Waals surface area contributed by atoms with Gasteiger partial charge in [-0.05, 0) is 24.5 Å². The Morgan fingerprint density at radius 2 is 1.90 bits per heavy atom. The van der Waals surface area contributed by atoms with E-state index in [1.54, 1.807) is 0 Å². The molecule has 2 fully saturated rings. The zero-order chi connectivity index (χ0) is 14.5. The molecule has 1 saturated carbocycles. The maximum atomic E-state index is 12.2.